The minimum absolute atomic E-state index is 0.0777. The average Bonchev–Trinajstić information content (AvgIpc) is 3.19. The number of rotatable bonds is 3. The number of fused-ring (bicyclic) bond motifs is 1. The highest BCUT2D eigenvalue weighted by molar-refractivity contribution is 5.99. The molecule has 9 nitrogen and oxygen atoms in total. The number of hydrogen-bond donors (Lipinski definition) is 2. The largest absolute Gasteiger partial charge is 0.508 e. The summed E-state index contributed by atoms with van der Waals surface area (Å²) in [4.78, 5) is 23.1. The molecular weight excluding hydrogens is 437 g/mol. The van der Waals surface area contributed by atoms with Crippen molar-refractivity contribution in [3.05, 3.63) is 42.0 Å². The molecule has 3 heterocycles. The van der Waals surface area contributed by atoms with E-state index in [0.717, 1.165) is 6.07 Å². The van der Waals surface area contributed by atoms with Crippen molar-refractivity contribution < 1.29 is 14.3 Å². The Labute approximate surface area is 196 Å². The Hall–Kier alpha value is -4.00. The number of aromatic nitrogens is 4. The van der Waals surface area contributed by atoms with Gasteiger partial charge in [-0.1, -0.05) is 26.8 Å². The Morgan fingerprint density at radius 1 is 1.35 bits per heavy atom. The fourth-order valence-electron chi connectivity index (χ4n) is 4.22. The van der Waals surface area contributed by atoms with Crippen molar-refractivity contribution in [2.24, 2.45) is 5.41 Å². The summed E-state index contributed by atoms with van der Waals surface area (Å²) in [6.45, 7) is 6.61. The summed E-state index contributed by atoms with van der Waals surface area (Å²) in [6.07, 6.45) is 4.39. The summed E-state index contributed by atoms with van der Waals surface area (Å²) in [7, 11) is 0. The monoisotopic (exact) mass is 463 g/mol. The number of likely N-dealkylation sites (tertiary alicyclic amines) is 1. The molecule has 0 aliphatic carbocycles. The van der Waals surface area contributed by atoms with Gasteiger partial charge in [0, 0.05) is 18.7 Å². The lowest BCUT2D eigenvalue weighted by Crippen LogP contribution is -2.41. The molecule has 3 N–H and O–H groups in total. The average molecular weight is 464 g/mol. The Kier molecular flexibility index (Phi) is 5.96. The van der Waals surface area contributed by atoms with E-state index in [0.29, 0.717) is 37.0 Å². The second kappa shape index (κ2) is 8.74. The zero-order valence-electron chi connectivity index (χ0n) is 19.3. The van der Waals surface area contributed by atoms with E-state index < -0.39 is 5.82 Å². The lowest BCUT2D eigenvalue weighted by molar-refractivity contribution is -0.128. The zero-order chi connectivity index (χ0) is 24.6. The molecule has 1 atom stereocenters. The molecule has 4 rings (SSSR count). The number of nitrogen functional groups attached to an aromatic ring is 1. The Bertz CT molecular complexity index is 1330. The van der Waals surface area contributed by atoms with Crippen LogP contribution in [0.3, 0.4) is 0 Å². The highest BCUT2D eigenvalue weighted by Gasteiger charge is 2.31. The number of carbonyl (C=O) groups excluding carboxylic acids is 1. The van der Waals surface area contributed by atoms with Crippen molar-refractivity contribution in [2.45, 2.75) is 39.7 Å². The second-order valence-corrected chi connectivity index (χ2v) is 9.50. The third kappa shape index (κ3) is 4.41. The maximum atomic E-state index is 14.7. The SMILES string of the molecule is CC(C)(C)/C=C(\C#N)C(=O)N1CCC[C@@H](n2nc(-c3cc(O)ccc3F)c3c(N)ncnc32)C1. The molecule has 0 spiro atoms. The summed E-state index contributed by atoms with van der Waals surface area (Å²) in [5, 5.41) is 24.5. The van der Waals surface area contributed by atoms with Gasteiger partial charge in [-0.15, -0.1) is 0 Å². The van der Waals surface area contributed by atoms with Crippen LogP contribution < -0.4 is 5.73 Å². The number of benzene rings is 1. The van der Waals surface area contributed by atoms with E-state index in [1.54, 1.807) is 15.7 Å². The van der Waals surface area contributed by atoms with Crippen LogP contribution in [0.1, 0.15) is 39.7 Å². The van der Waals surface area contributed by atoms with Gasteiger partial charge in [-0.2, -0.15) is 10.4 Å². The first-order chi connectivity index (χ1) is 16.1. The molecule has 0 radical (unpaired) electrons. The molecule has 0 unspecified atom stereocenters. The smallest absolute Gasteiger partial charge is 0.264 e. The number of carbonyl (C=O) groups is 1. The fraction of sp³-hybridized carbons (Fsp3) is 0.375. The highest BCUT2D eigenvalue weighted by atomic mass is 19.1. The van der Waals surface area contributed by atoms with E-state index in [2.05, 4.69) is 15.1 Å². The van der Waals surface area contributed by atoms with E-state index in [9.17, 15) is 19.6 Å². The third-order valence-electron chi connectivity index (χ3n) is 5.68. The quantitative estimate of drug-likeness (QED) is 0.448. The number of piperidine rings is 1. The molecule has 1 aromatic carbocycles. The van der Waals surface area contributed by atoms with Crippen LogP contribution in [0, 0.1) is 22.6 Å². The Morgan fingerprint density at radius 3 is 2.82 bits per heavy atom. The summed E-state index contributed by atoms with van der Waals surface area (Å²) in [5.41, 5.74) is 6.62. The number of aromatic hydroxyl groups is 1. The van der Waals surface area contributed by atoms with E-state index in [1.165, 1.54) is 18.5 Å². The maximum Gasteiger partial charge on any atom is 0.264 e. The van der Waals surface area contributed by atoms with Crippen LogP contribution in [0.5, 0.6) is 5.75 Å². The topological polar surface area (TPSA) is 134 Å². The van der Waals surface area contributed by atoms with Gasteiger partial charge < -0.3 is 15.7 Å². The standard InChI is InChI=1S/C24H26FN7O2/c1-24(2,3)10-14(11-26)23(34)31-8-4-5-15(12-31)32-22-19(21(27)28-13-29-22)20(30-32)17-9-16(33)6-7-18(17)25/h6-7,9-10,13,15,33H,4-5,8,12H2,1-3H3,(H2,27,28,29)/b14-10+/t15-/m1/s1. The van der Waals surface area contributed by atoms with Crippen LogP contribution >= 0.6 is 0 Å². The number of anilines is 1. The van der Waals surface area contributed by atoms with Gasteiger partial charge in [0.05, 0.1) is 11.4 Å². The molecule has 0 bridgehead atoms. The van der Waals surface area contributed by atoms with E-state index >= 15 is 0 Å². The summed E-state index contributed by atoms with van der Waals surface area (Å²) in [5.74, 6) is -0.873. The Balaban J connectivity index is 1.75. The van der Waals surface area contributed by atoms with E-state index in [4.69, 9.17) is 5.73 Å². The maximum absolute atomic E-state index is 14.7. The van der Waals surface area contributed by atoms with Gasteiger partial charge in [0.15, 0.2) is 5.65 Å². The van der Waals surface area contributed by atoms with Crippen LogP contribution in [-0.4, -0.2) is 48.8 Å². The predicted octanol–water partition coefficient (Wildman–Crippen LogP) is 3.58. The molecular formula is C24H26FN7O2. The first-order valence-corrected chi connectivity index (χ1v) is 11.0. The van der Waals surface area contributed by atoms with Crippen molar-refractivity contribution in [1.82, 2.24) is 24.6 Å². The summed E-state index contributed by atoms with van der Waals surface area (Å²) < 4.78 is 16.3. The molecule has 1 saturated heterocycles. The second-order valence-electron chi connectivity index (χ2n) is 9.50. The molecule has 34 heavy (non-hydrogen) atoms. The molecule has 0 saturated carbocycles. The number of nitrogens with two attached hydrogens (primary N) is 1. The first kappa shape index (κ1) is 23.2. The first-order valence-electron chi connectivity index (χ1n) is 11.0. The van der Waals surface area contributed by atoms with Crippen LogP contribution in [0.4, 0.5) is 10.2 Å². The predicted molar refractivity (Wildman–Crippen MR) is 125 cm³/mol. The Morgan fingerprint density at radius 2 is 2.12 bits per heavy atom. The van der Waals surface area contributed by atoms with Crippen molar-refractivity contribution in [3.8, 4) is 23.1 Å². The van der Waals surface area contributed by atoms with E-state index in [-0.39, 0.29) is 45.8 Å². The molecule has 2 aromatic heterocycles. The number of halogens is 1. The fourth-order valence-corrected chi connectivity index (χ4v) is 4.22. The van der Waals surface area contributed by atoms with Crippen molar-refractivity contribution in [1.29, 1.82) is 5.26 Å². The molecule has 1 aliphatic rings. The lowest BCUT2D eigenvalue weighted by Gasteiger charge is -2.33. The number of phenolic OH excluding ortho intramolecular Hbond substituents is 1. The number of amides is 1. The van der Waals surface area contributed by atoms with Gasteiger partial charge in [-0.05, 0) is 36.5 Å². The van der Waals surface area contributed by atoms with Crippen LogP contribution in [-0.2, 0) is 4.79 Å². The van der Waals surface area contributed by atoms with Crippen molar-refractivity contribution >= 4 is 22.8 Å². The van der Waals surface area contributed by atoms with Crippen LogP contribution in [0.25, 0.3) is 22.3 Å². The molecule has 1 fully saturated rings. The molecule has 1 amide bonds. The minimum Gasteiger partial charge on any atom is -0.508 e. The van der Waals surface area contributed by atoms with Gasteiger partial charge in [0.25, 0.3) is 5.91 Å². The minimum atomic E-state index is -0.570. The number of nitrogens with zero attached hydrogens (tertiary/aromatic N) is 6. The molecule has 10 heteroatoms. The van der Waals surface area contributed by atoms with E-state index in [1.807, 2.05) is 26.8 Å². The lowest BCUT2D eigenvalue weighted by atomic mass is 9.93. The van der Waals surface area contributed by atoms with Gasteiger partial charge in [0.1, 0.15) is 41.0 Å². The summed E-state index contributed by atoms with van der Waals surface area (Å²) in [6, 6.07) is 5.45. The van der Waals surface area contributed by atoms with Crippen molar-refractivity contribution in [3.63, 3.8) is 0 Å². The van der Waals surface area contributed by atoms with Gasteiger partial charge >= 0.3 is 0 Å². The van der Waals surface area contributed by atoms with Gasteiger partial charge in [0.2, 0.25) is 0 Å². The summed E-state index contributed by atoms with van der Waals surface area (Å²) >= 11 is 0. The number of nitriles is 1. The van der Waals surface area contributed by atoms with Gasteiger partial charge in [-0.25, -0.2) is 19.0 Å². The van der Waals surface area contributed by atoms with Crippen molar-refractivity contribution in [2.75, 3.05) is 18.8 Å². The van der Waals surface area contributed by atoms with Crippen LogP contribution in [0.2, 0.25) is 0 Å². The number of phenols is 1. The number of allylic oxidation sites excluding steroid dienone is 1. The molecule has 176 valence electrons. The number of hydrogen-bond acceptors (Lipinski definition) is 7. The normalized spacial score (nSPS) is 17.1. The zero-order valence-corrected chi connectivity index (χ0v) is 19.3. The third-order valence-corrected chi connectivity index (χ3v) is 5.68. The van der Waals surface area contributed by atoms with Crippen LogP contribution in [0.15, 0.2) is 36.2 Å². The molecule has 1 aliphatic heterocycles. The van der Waals surface area contributed by atoms with Gasteiger partial charge in [-0.3, -0.25) is 4.79 Å². The molecule has 3 aromatic rings. The highest BCUT2D eigenvalue weighted by Crippen LogP contribution is 2.36.